The maximum Gasteiger partial charge on any atom is 0.185 e. The summed E-state index contributed by atoms with van der Waals surface area (Å²) >= 11 is 0. The Kier molecular flexibility index (Phi) is 5.31. The first-order valence-electron chi connectivity index (χ1n) is 7.36. The lowest BCUT2D eigenvalue weighted by atomic mass is 10.1. The molecule has 4 nitrogen and oxygen atoms in total. The van der Waals surface area contributed by atoms with E-state index in [1.165, 1.54) is 6.08 Å². The Labute approximate surface area is 130 Å². The highest BCUT2D eigenvalue weighted by atomic mass is 16.3. The van der Waals surface area contributed by atoms with E-state index >= 15 is 0 Å². The van der Waals surface area contributed by atoms with Gasteiger partial charge in [0.25, 0.3) is 0 Å². The van der Waals surface area contributed by atoms with Gasteiger partial charge in [0, 0.05) is 48.4 Å². The number of nitrogens with zero attached hydrogens (tertiary/aromatic N) is 2. The molecule has 0 atom stereocenters. The molecular formula is C18H20N2O2. The van der Waals surface area contributed by atoms with E-state index in [-0.39, 0.29) is 11.5 Å². The summed E-state index contributed by atoms with van der Waals surface area (Å²) in [5, 5.41) is 10.1. The Morgan fingerprint density at radius 3 is 2.45 bits per heavy atom. The summed E-state index contributed by atoms with van der Waals surface area (Å²) in [4.78, 5) is 18.0. The molecule has 0 saturated carbocycles. The van der Waals surface area contributed by atoms with Gasteiger partial charge in [-0.1, -0.05) is 0 Å². The summed E-state index contributed by atoms with van der Waals surface area (Å²) < 4.78 is 0. The largest absolute Gasteiger partial charge is 0.507 e. The molecule has 0 saturated heterocycles. The highest BCUT2D eigenvalue weighted by Gasteiger charge is 2.06. The highest BCUT2D eigenvalue weighted by molar-refractivity contribution is 6.06. The Bertz CT molecular complexity index is 662. The lowest BCUT2D eigenvalue weighted by Gasteiger charge is -2.21. The first kappa shape index (κ1) is 15.8. The van der Waals surface area contributed by atoms with Gasteiger partial charge in [-0.25, -0.2) is 0 Å². The van der Waals surface area contributed by atoms with Gasteiger partial charge in [0.2, 0.25) is 0 Å². The molecule has 22 heavy (non-hydrogen) atoms. The molecule has 0 bridgehead atoms. The van der Waals surface area contributed by atoms with E-state index in [2.05, 4.69) is 23.7 Å². The lowest BCUT2D eigenvalue weighted by Crippen LogP contribution is -2.21. The van der Waals surface area contributed by atoms with Crippen molar-refractivity contribution < 1.29 is 9.90 Å². The third kappa shape index (κ3) is 3.73. The molecule has 0 aliphatic carbocycles. The van der Waals surface area contributed by atoms with Crippen LogP contribution in [0.3, 0.4) is 0 Å². The molecule has 0 unspecified atom stereocenters. The molecule has 0 aliphatic rings. The molecule has 4 heteroatoms. The van der Waals surface area contributed by atoms with Crippen molar-refractivity contribution in [2.45, 2.75) is 13.8 Å². The van der Waals surface area contributed by atoms with Crippen LogP contribution in [0.15, 0.2) is 48.8 Å². The number of phenols is 1. The Morgan fingerprint density at radius 1 is 1.18 bits per heavy atom. The van der Waals surface area contributed by atoms with Gasteiger partial charge in [-0.15, -0.1) is 0 Å². The van der Waals surface area contributed by atoms with E-state index in [0.29, 0.717) is 11.1 Å². The van der Waals surface area contributed by atoms with Crippen molar-refractivity contribution in [2.75, 3.05) is 18.0 Å². The molecule has 1 heterocycles. The Balaban J connectivity index is 2.16. The second-order valence-electron chi connectivity index (χ2n) is 4.85. The molecule has 2 aromatic rings. The standard InChI is InChI=1S/C18H20N2O2/c1-3-20(4-2)16-7-5-14(18(22)13-16)6-8-17(21)15-9-11-19-12-10-15/h5-13,22H,3-4H2,1-2H3/b8-6+. The minimum Gasteiger partial charge on any atom is -0.507 e. The summed E-state index contributed by atoms with van der Waals surface area (Å²) in [5.41, 5.74) is 2.17. The molecule has 1 N–H and O–H groups in total. The average Bonchev–Trinajstić information content (AvgIpc) is 2.55. The summed E-state index contributed by atoms with van der Waals surface area (Å²) in [6, 6.07) is 8.82. The van der Waals surface area contributed by atoms with Gasteiger partial charge in [0.05, 0.1) is 0 Å². The monoisotopic (exact) mass is 296 g/mol. The van der Waals surface area contributed by atoms with Crippen LogP contribution in [0.1, 0.15) is 29.8 Å². The molecule has 0 amide bonds. The number of hydrogen-bond donors (Lipinski definition) is 1. The van der Waals surface area contributed by atoms with Gasteiger partial charge in [0.1, 0.15) is 5.75 Å². The number of rotatable bonds is 6. The van der Waals surface area contributed by atoms with Crippen LogP contribution in [-0.2, 0) is 0 Å². The quantitative estimate of drug-likeness (QED) is 0.654. The highest BCUT2D eigenvalue weighted by Crippen LogP contribution is 2.25. The van der Waals surface area contributed by atoms with Crippen LogP contribution >= 0.6 is 0 Å². The van der Waals surface area contributed by atoms with Gasteiger partial charge >= 0.3 is 0 Å². The summed E-state index contributed by atoms with van der Waals surface area (Å²) in [7, 11) is 0. The van der Waals surface area contributed by atoms with Crippen LogP contribution < -0.4 is 4.90 Å². The normalized spacial score (nSPS) is 10.8. The van der Waals surface area contributed by atoms with Crippen molar-refractivity contribution in [1.29, 1.82) is 0 Å². The molecule has 0 fully saturated rings. The maximum absolute atomic E-state index is 12.0. The smallest absolute Gasteiger partial charge is 0.185 e. The molecule has 1 aromatic heterocycles. The first-order chi connectivity index (χ1) is 10.7. The van der Waals surface area contributed by atoms with Crippen molar-refractivity contribution in [3.8, 4) is 5.75 Å². The summed E-state index contributed by atoms with van der Waals surface area (Å²) in [6.07, 6.45) is 6.25. The number of ketones is 1. The molecule has 0 spiro atoms. The fourth-order valence-electron chi connectivity index (χ4n) is 2.24. The Morgan fingerprint density at radius 2 is 1.86 bits per heavy atom. The number of benzene rings is 1. The fraction of sp³-hybridized carbons (Fsp3) is 0.222. The lowest BCUT2D eigenvalue weighted by molar-refractivity contribution is 0.104. The third-order valence-electron chi connectivity index (χ3n) is 3.52. The molecule has 1 aromatic carbocycles. The van der Waals surface area contributed by atoms with E-state index < -0.39 is 0 Å². The van der Waals surface area contributed by atoms with Crippen molar-refractivity contribution in [2.24, 2.45) is 0 Å². The molecule has 2 rings (SSSR count). The summed E-state index contributed by atoms with van der Waals surface area (Å²) in [6.45, 7) is 5.90. The van der Waals surface area contributed by atoms with Crippen molar-refractivity contribution in [3.05, 3.63) is 59.9 Å². The first-order valence-corrected chi connectivity index (χ1v) is 7.36. The number of pyridine rings is 1. The van der Waals surface area contributed by atoms with Gasteiger partial charge in [-0.3, -0.25) is 9.78 Å². The predicted molar refractivity (Wildman–Crippen MR) is 89.3 cm³/mol. The molecule has 0 radical (unpaired) electrons. The predicted octanol–water partition coefficient (Wildman–Crippen LogP) is 3.53. The van der Waals surface area contributed by atoms with E-state index in [4.69, 9.17) is 0 Å². The zero-order chi connectivity index (χ0) is 15.9. The second kappa shape index (κ2) is 7.41. The number of aromatic hydroxyl groups is 1. The second-order valence-corrected chi connectivity index (χ2v) is 4.85. The minimum atomic E-state index is -0.116. The van der Waals surface area contributed by atoms with E-state index in [0.717, 1.165) is 18.8 Å². The minimum absolute atomic E-state index is 0.116. The molecule has 0 aliphatic heterocycles. The fourth-order valence-corrected chi connectivity index (χ4v) is 2.24. The topological polar surface area (TPSA) is 53.4 Å². The van der Waals surface area contributed by atoms with Crippen LogP contribution in [-0.4, -0.2) is 29.0 Å². The van der Waals surface area contributed by atoms with Gasteiger partial charge in [0.15, 0.2) is 5.78 Å². The molecule has 114 valence electrons. The van der Waals surface area contributed by atoms with Gasteiger partial charge in [-0.05, 0) is 50.3 Å². The summed E-state index contributed by atoms with van der Waals surface area (Å²) in [5.74, 6) is 0.0535. The zero-order valence-corrected chi connectivity index (χ0v) is 12.9. The average molecular weight is 296 g/mol. The van der Waals surface area contributed by atoms with Crippen molar-refractivity contribution in [3.63, 3.8) is 0 Å². The number of carbonyl (C=O) groups excluding carboxylic acids is 1. The van der Waals surface area contributed by atoms with E-state index in [9.17, 15) is 9.90 Å². The number of aromatic nitrogens is 1. The van der Waals surface area contributed by atoms with Crippen LogP contribution in [0, 0.1) is 0 Å². The van der Waals surface area contributed by atoms with Gasteiger partial charge in [-0.2, -0.15) is 0 Å². The number of hydrogen-bond acceptors (Lipinski definition) is 4. The van der Waals surface area contributed by atoms with Crippen molar-refractivity contribution >= 4 is 17.5 Å². The van der Waals surface area contributed by atoms with Crippen LogP contribution in [0.4, 0.5) is 5.69 Å². The van der Waals surface area contributed by atoms with E-state index in [1.54, 1.807) is 36.7 Å². The van der Waals surface area contributed by atoms with Crippen LogP contribution in [0.25, 0.3) is 6.08 Å². The van der Waals surface area contributed by atoms with E-state index in [1.807, 2.05) is 12.1 Å². The SMILES string of the molecule is CCN(CC)c1ccc(/C=C/C(=O)c2ccncc2)c(O)c1. The molecular weight excluding hydrogens is 276 g/mol. The number of allylic oxidation sites excluding steroid dienone is 1. The Hall–Kier alpha value is -2.62. The number of carbonyl (C=O) groups is 1. The van der Waals surface area contributed by atoms with Gasteiger partial charge < -0.3 is 10.0 Å². The maximum atomic E-state index is 12.0. The third-order valence-corrected chi connectivity index (χ3v) is 3.52. The van der Waals surface area contributed by atoms with Crippen LogP contribution in [0.5, 0.6) is 5.75 Å². The number of phenolic OH excluding ortho intramolecular Hbond substituents is 1. The van der Waals surface area contributed by atoms with Crippen molar-refractivity contribution in [1.82, 2.24) is 4.98 Å². The zero-order valence-electron chi connectivity index (χ0n) is 12.9. The van der Waals surface area contributed by atoms with Crippen LogP contribution in [0.2, 0.25) is 0 Å². The number of anilines is 1.